The maximum Gasteiger partial charge on any atom is 0.224 e. The lowest BCUT2D eigenvalue weighted by Gasteiger charge is -2.28. The fourth-order valence-electron chi connectivity index (χ4n) is 2.39. The zero-order valence-corrected chi connectivity index (χ0v) is 12.1. The van der Waals surface area contributed by atoms with Crippen LogP contribution < -0.4 is 5.32 Å². The first-order valence-electron chi connectivity index (χ1n) is 6.47. The van der Waals surface area contributed by atoms with Gasteiger partial charge >= 0.3 is 0 Å². The lowest BCUT2D eigenvalue weighted by molar-refractivity contribution is -0.122. The first-order valence-corrected chi connectivity index (χ1v) is 7.27. The van der Waals surface area contributed by atoms with Crippen LogP contribution in [0.2, 0.25) is 0 Å². The minimum atomic E-state index is -0.464. The molecular weight excluding hydrogens is 313 g/mol. The van der Waals surface area contributed by atoms with Crippen molar-refractivity contribution in [1.29, 1.82) is 0 Å². The van der Waals surface area contributed by atoms with E-state index >= 15 is 0 Å². The number of aliphatic hydroxyl groups is 1. The molecule has 0 aliphatic heterocycles. The number of aliphatic hydroxyl groups excluding tert-OH is 1. The molecule has 0 bridgehead atoms. The highest BCUT2D eigenvalue weighted by Crippen LogP contribution is 2.20. The van der Waals surface area contributed by atoms with E-state index in [0.29, 0.717) is 10.0 Å². The Labute approximate surface area is 120 Å². The molecule has 1 aliphatic rings. The summed E-state index contributed by atoms with van der Waals surface area (Å²) in [5, 5.41) is 12.6. The summed E-state index contributed by atoms with van der Waals surface area (Å²) in [4.78, 5) is 11.9. The minimum absolute atomic E-state index is 0.113. The summed E-state index contributed by atoms with van der Waals surface area (Å²) < 4.78 is 13.8. The molecule has 5 heteroatoms. The highest BCUT2D eigenvalue weighted by Gasteiger charge is 2.24. The van der Waals surface area contributed by atoms with Crippen LogP contribution in [-0.2, 0) is 11.2 Å². The van der Waals surface area contributed by atoms with Gasteiger partial charge < -0.3 is 10.4 Å². The molecule has 0 saturated heterocycles. The fourth-order valence-corrected chi connectivity index (χ4v) is 2.78. The van der Waals surface area contributed by atoms with Crippen molar-refractivity contribution in [3.05, 3.63) is 34.1 Å². The Balaban J connectivity index is 1.95. The molecule has 3 nitrogen and oxygen atoms in total. The molecule has 1 aromatic rings. The van der Waals surface area contributed by atoms with Gasteiger partial charge in [0.25, 0.3) is 0 Å². The van der Waals surface area contributed by atoms with Crippen molar-refractivity contribution in [3.63, 3.8) is 0 Å². The molecule has 2 unspecified atom stereocenters. The van der Waals surface area contributed by atoms with Gasteiger partial charge in [-0.05, 0) is 36.6 Å². The molecule has 2 atom stereocenters. The first-order chi connectivity index (χ1) is 9.06. The van der Waals surface area contributed by atoms with Gasteiger partial charge in [-0.3, -0.25) is 4.79 Å². The number of benzene rings is 1. The lowest BCUT2D eigenvalue weighted by Crippen LogP contribution is -2.45. The van der Waals surface area contributed by atoms with Crippen LogP contribution in [0.3, 0.4) is 0 Å². The van der Waals surface area contributed by atoms with Gasteiger partial charge in [-0.1, -0.05) is 28.8 Å². The second-order valence-electron chi connectivity index (χ2n) is 4.94. The SMILES string of the molecule is O=C(Cc1cc(F)ccc1Br)NC1CCCCC1O. The Morgan fingerprint density at radius 2 is 2.16 bits per heavy atom. The summed E-state index contributed by atoms with van der Waals surface area (Å²) in [6.45, 7) is 0. The van der Waals surface area contributed by atoms with Crippen LogP contribution in [0.4, 0.5) is 4.39 Å². The van der Waals surface area contributed by atoms with Crippen LogP contribution in [0.25, 0.3) is 0 Å². The van der Waals surface area contributed by atoms with Gasteiger partial charge in [-0.15, -0.1) is 0 Å². The van der Waals surface area contributed by atoms with E-state index in [9.17, 15) is 14.3 Å². The van der Waals surface area contributed by atoms with Crippen LogP contribution >= 0.6 is 15.9 Å². The Morgan fingerprint density at radius 3 is 2.89 bits per heavy atom. The molecule has 1 fully saturated rings. The third-order valence-corrected chi connectivity index (χ3v) is 4.21. The molecule has 19 heavy (non-hydrogen) atoms. The number of carbonyl (C=O) groups is 1. The van der Waals surface area contributed by atoms with Crippen LogP contribution in [0.5, 0.6) is 0 Å². The van der Waals surface area contributed by atoms with Crippen molar-refractivity contribution in [2.75, 3.05) is 0 Å². The Hall–Kier alpha value is -0.940. The van der Waals surface area contributed by atoms with Gasteiger partial charge in [0, 0.05) is 4.47 Å². The Kier molecular flexibility index (Phi) is 4.93. The van der Waals surface area contributed by atoms with Crippen molar-refractivity contribution < 1.29 is 14.3 Å². The smallest absolute Gasteiger partial charge is 0.224 e. The predicted molar refractivity (Wildman–Crippen MR) is 74.2 cm³/mol. The largest absolute Gasteiger partial charge is 0.391 e. The number of hydrogen-bond acceptors (Lipinski definition) is 2. The molecule has 1 aromatic carbocycles. The number of hydrogen-bond donors (Lipinski definition) is 2. The van der Waals surface area contributed by atoms with E-state index in [1.165, 1.54) is 12.1 Å². The zero-order valence-electron chi connectivity index (χ0n) is 10.5. The van der Waals surface area contributed by atoms with Crippen LogP contribution in [-0.4, -0.2) is 23.2 Å². The van der Waals surface area contributed by atoms with E-state index in [2.05, 4.69) is 21.2 Å². The normalized spacial score (nSPS) is 23.1. The summed E-state index contributed by atoms with van der Waals surface area (Å²) in [6, 6.07) is 4.11. The number of rotatable bonds is 3. The van der Waals surface area contributed by atoms with Gasteiger partial charge in [0.15, 0.2) is 0 Å². The van der Waals surface area contributed by atoms with E-state index in [4.69, 9.17) is 0 Å². The second-order valence-corrected chi connectivity index (χ2v) is 5.79. The molecular formula is C14H17BrFNO2. The van der Waals surface area contributed by atoms with E-state index in [1.807, 2.05) is 0 Å². The molecule has 0 spiro atoms. The lowest BCUT2D eigenvalue weighted by atomic mass is 9.92. The van der Waals surface area contributed by atoms with E-state index < -0.39 is 6.10 Å². The number of carbonyl (C=O) groups excluding carboxylic acids is 1. The summed E-state index contributed by atoms with van der Waals surface area (Å²) in [5.41, 5.74) is 0.614. The quantitative estimate of drug-likeness (QED) is 0.895. The van der Waals surface area contributed by atoms with Gasteiger partial charge in [0.05, 0.1) is 18.6 Å². The summed E-state index contributed by atoms with van der Waals surface area (Å²) in [7, 11) is 0. The van der Waals surface area contributed by atoms with Crippen molar-refractivity contribution in [1.82, 2.24) is 5.32 Å². The molecule has 0 radical (unpaired) electrons. The average molecular weight is 330 g/mol. The molecule has 2 N–H and O–H groups in total. The van der Waals surface area contributed by atoms with Crippen molar-refractivity contribution in [2.45, 2.75) is 44.2 Å². The van der Waals surface area contributed by atoms with Crippen molar-refractivity contribution in [3.8, 4) is 0 Å². The standard InChI is InChI=1S/C14H17BrFNO2/c15-11-6-5-10(16)7-9(11)8-14(19)17-12-3-1-2-4-13(12)18/h5-7,12-13,18H,1-4,8H2,(H,17,19). The van der Waals surface area contributed by atoms with Crippen LogP contribution in [0.1, 0.15) is 31.2 Å². The first kappa shape index (κ1) is 14.5. The Bertz CT molecular complexity index is 467. The van der Waals surface area contributed by atoms with E-state index in [0.717, 1.165) is 25.7 Å². The summed E-state index contributed by atoms with van der Waals surface area (Å²) in [6.07, 6.45) is 3.20. The van der Waals surface area contributed by atoms with E-state index in [1.54, 1.807) is 6.07 Å². The zero-order chi connectivity index (χ0) is 13.8. The molecule has 1 saturated carbocycles. The molecule has 1 amide bonds. The third-order valence-electron chi connectivity index (χ3n) is 3.43. The highest BCUT2D eigenvalue weighted by atomic mass is 79.9. The average Bonchev–Trinajstić information content (AvgIpc) is 2.37. The molecule has 2 rings (SSSR count). The maximum absolute atomic E-state index is 13.1. The number of nitrogens with one attached hydrogen (secondary N) is 1. The van der Waals surface area contributed by atoms with Gasteiger partial charge in [-0.25, -0.2) is 4.39 Å². The van der Waals surface area contributed by atoms with Gasteiger partial charge in [0.1, 0.15) is 5.82 Å². The molecule has 0 heterocycles. The predicted octanol–water partition coefficient (Wildman–Crippen LogP) is 2.55. The maximum atomic E-state index is 13.1. The van der Waals surface area contributed by atoms with Gasteiger partial charge in [-0.2, -0.15) is 0 Å². The van der Waals surface area contributed by atoms with E-state index in [-0.39, 0.29) is 24.2 Å². The number of halogens is 2. The summed E-state index contributed by atoms with van der Waals surface area (Å²) in [5.74, 6) is -0.541. The summed E-state index contributed by atoms with van der Waals surface area (Å²) >= 11 is 3.30. The van der Waals surface area contributed by atoms with Crippen molar-refractivity contribution >= 4 is 21.8 Å². The van der Waals surface area contributed by atoms with Crippen LogP contribution in [0, 0.1) is 5.82 Å². The molecule has 104 valence electrons. The molecule has 1 aliphatic carbocycles. The fraction of sp³-hybridized carbons (Fsp3) is 0.500. The van der Waals surface area contributed by atoms with Crippen molar-refractivity contribution in [2.24, 2.45) is 0 Å². The highest BCUT2D eigenvalue weighted by molar-refractivity contribution is 9.10. The second kappa shape index (κ2) is 6.48. The Morgan fingerprint density at radius 1 is 1.42 bits per heavy atom. The molecule has 0 aromatic heterocycles. The number of amides is 1. The minimum Gasteiger partial charge on any atom is -0.391 e. The van der Waals surface area contributed by atoms with Crippen LogP contribution in [0.15, 0.2) is 22.7 Å². The topological polar surface area (TPSA) is 49.3 Å². The monoisotopic (exact) mass is 329 g/mol. The van der Waals surface area contributed by atoms with Gasteiger partial charge in [0.2, 0.25) is 5.91 Å². The third kappa shape index (κ3) is 4.01.